The molecular weight excluding hydrogens is 188 g/mol. The minimum atomic E-state index is 0.227. The fourth-order valence-corrected chi connectivity index (χ4v) is 2.46. The molecular formula is C12H22N2O. The van der Waals surface area contributed by atoms with E-state index in [1.807, 2.05) is 4.90 Å². The Hall–Kier alpha value is -0.570. The van der Waals surface area contributed by atoms with Crippen LogP contribution < -0.4 is 5.32 Å². The average molecular weight is 210 g/mol. The van der Waals surface area contributed by atoms with E-state index in [9.17, 15) is 4.79 Å². The lowest BCUT2D eigenvalue weighted by Gasteiger charge is -2.34. The standard InChI is InChI=1S/C12H22N2O/c1-10(15)14-7-3-6-12(9-14)13-8-11-4-2-5-11/h11-13H,2-9H2,1H3. The molecule has 2 aliphatic rings. The molecule has 1 saturated heterocycles. The number of nitrogens with zero attached hydrogens (tertiary/aromatic N) is 1. The third-order valence-electron chi connectivity index (χ3n) is 3.79. The molecule has 1 aliphatic heterocycles. The van der Waals surface area contributed by atoms with Crippen molar-refractivity contribution in [2.24, 2.45) is 5.92 Å². The highest BCUT2D eigenvalue weighted by atomic mass is 16.2. The minimum Gasteiger partial charge on any atom is -0.341 e. The van der Waals surface area contributed by atoms with Gasteiger partial charge in [-0.2, -0.15) is 0 Å². The van der Waals surface area contributed by atoms with Crippen LogP contribution in [0.5, 0.6) is 0 Å². The molecule has 1 unspecified atom stereocenters. The number of carbonyl (C=O) groups is 1. The minimum absolute atomic E-state index is 0.227. The molecule has 1 aliphatic carbocycles. The summed E-state index contributed by atoms with van der Waals surface area (Å²) in [5.74, 6) is 1.14. The zero-order valence-corrected chi connectivity index (χ0v) is 9.67. The molecule has 15 heavy (non-hydrogen) atoms. The summed E-state index contributed by atoms with van der Waals surface area (Å²) in [4.78, 5) is 13.2. The van der Waals surface area contributed by atoms with Crippen molar-refractivity contribution in [1.29, 1.82) is 0 Å². The van der Waals surface area contributed by atoms with Gasteiger partial charge in [0, 0.05) is 26.1 Å². The van der Waals surface area contributed by atoms with Crippen LogP contribution in [0.2, 0.25) is 0 Å². The lowest BCUT2D eigenvalue weighted by atomic mass is 9.85. The highest BCUT2D eigenvalue weighted by molar-refractivity contribution is 5.73. The van der Waals surface area contributed by atoms with E-state index in [0.29, 0.717) is 6.04 Å². The molecule has 2 fully saturated rings. The molecule has 0 radical (unpaired) electrons. The normalized spacial score (nSPS) is 27.5. The van der Waals surface area contributed by atoms with Gasteiger partial charge in [-0.3, -0.25) is 4.79 Å². The first-order valence-corrected chi connectivity index (χ1v) is 6.24. The third-order valence-corrected chi connectivity index (χ3v) is 3.79. The van der Waals surface area contributed by atoms with Crippen LogP contribution in [0.3, 0.4) is 0 Å². The van der Waals surface area contributed by atoms with E-state index in [0.717, 1.165) is 32.0 Å². The van der Waals surface area contributed by atoms with Crippen molar-refractivity contribution >= 4 is 5.91 Å². The number of rotatable bonds is 3. The van der Waals surface area contributed by atoms with Gasteiger partial charge in [-0.05, 0) is 38.1 Å². The largest absolute Gasteiger partial charge is 0.341 e. The Morgan fingerprint density at radius 3 is 2.73 bits per heavy atom. The molecule has 0 aromatic heterocycles. The molecule has 1 atom stereocenters. The summed E-state index contributed by atoms with van der Waals surface area (Å²) in [5, 5.41) is 3.61. The molecule has 0 aromatic carbocycles. The van der Waals surface area contributed by atoms with Gasteiger partial charge >= 0.3 is 0 Å². The molecule has 0 spiro atoms. The lowest BCUT2D eigenvalue weighted by Crippen LogP contribution is -2.48. The lowest BCUT2D eigenvalue weighted by molar-refractivity contribution is -0.130. The van der Waals surface area contributed by atoms with Crippen molar-refractivity contribution in [1.82, 2.24) is 10.2 Å². The van der Waals surface area contributed by atoms with Crippen molar-refractivity contribution in [3.05, 3.63) is 0 Å². The van der Waals surface area contributed by atoms with E-state index in [-0.39, 0.29) is 5.91 Å². The van der Waals surface area contributed by atoms with Crippen LogP contribution in [0.1, 0.15) is 39.0 Å². The Kier molecular flexibility index (Phi) is 3.62. The van der Waals surface area contributed by atoms with Gasteiger partial charge in [-0.25, -0.2) is 0 Å². The van der Waals surface area contributed by atoms with Crippen LogP contribution in [0.15, 0.2) is 0 Å². The molecule has 1 saturated carbocycles. The Balaban J connectivity index is 1.69. The van der Waals surface area contributed by atoms with Gasteiger partial charge in [0.2, 0.25) is 5.91 Å². The fourth-order valence-electron chi connectivity index (χ4n) is 2.46. The number of carbonyl (C=O) groups excluding carboxylic acids is 1. The van der Waals surface area contributed by atoms with Gasteiger partial charge in [-0.1, -0.05) is 6.42 Å². The summed E-state index contributed by atoms with van der Waals surface area (Å²) in [6.45, 7) is 4.71. The second-order valence-electron chi connectivity index (χ2n) is 5.01. The molecule has 0 bridgehead atoms. The van der Waals surface area contributed by atoms with Crippen molar-refractivity contribution < 1.29 is 4.79 Å². The molecule has 3 nitrogen and oxygen atoms in total. The molecule has 2 rings (SSSR count). The Morgan fingerprint density at radius 1 is 1.33 bits per heavy atom. The van der Waals surface area contributed by atoms with Gasteiger partial charge in [0.05, 0.1) is 0 Å². The number of hydrogen-bond acceptors (Lipinski definition) is 2. The first kappa shape index (κ1) is 10.9. The maximum absolute atomic E-state index is 11.2. The summed E-state index contributed by atoms with van der Waals surface area (Å²) in [6.07, 6.45) is 6.60. The number of amides is 1. The van der Waals surface area contributed by atoms with E-state index in [2.05, 4.69) is 5.32 Å². The van der Waals surface area contributed by atoms with Crippen LogP contribution in [0.25, 0.3) is 0 Å². The van der Waals surface area contributed by atoms with Crippen LogP contribution in [0.4, 0.5) is 0 Å². The van der Waals surface area contributed by atoms with Crippen molar-refractivity contribution in [3.8, 4) is 0 Å². The molecule has 3 heteroatoms. The van der Waals surface area contributed by atoms with Gasteiger partial charge < -0.3 is 10.2 Å². The average Bonchev–Trinajstić information content (AvgIpc) is 2.16. The van der Waals surface area contributed by atoms with E-state index in [1.165, 1.54) is 25.7 Å². The van der Waals surface area contributed by atoms with E-state index in [4.69, 9.17) is 0 Å². The SMILES string of the molecule is CC(=O)N1CCCC(NCC2CCC2)C1. The first-order chi connectivity index (χ1) is 7.25. The summed E-state index contributed by atoms with van der Waals surface area (Å²) in [6, 6.07) is 0.545. The molecule has 1 heterocycles. The topological polar surface area (TPSA) is 32.3 Å². The summed E-state index contributed by atoms with van der Waals surface area (Å²) in [5.41, 5.74) is 0. The molecule has 1 amide bonds. The van der Waals surface area contributed by atoms with Crippen LogP contribution >= 0.6 is 0 Å². The fraction of sp³-hybridized carbons (Fsp3) is 0.917. The Bertz CT molecular complexity index is 226. The maximum atomic E-state index is 11.2. The summed E-state index contributed by atoms with van der Waals surface area (Å²) < 4.78 is 0. The van der Waals surface area contributed by atoms with Crippen molar-refractivity contribution in [3.63, 3.8) is 0 Å². The first-order valence-electron chi connectivity index (χ1n) is 6.24. The van der Waals surface area contributed by atoms with Gasteiger partial charge in [0.1, 0.15) is 0 Å². The van der Waals surface area contributed by atoms with Crippen molar-refractivity contribution in [2.45, 2.75) is 45.1 Å². The predicted octanol–water partition coefficient (Wildman–Crippen LogP) is 1.39. The van der Waals surface area contributed by atoms with Crippen LogP contribution in [-0.4, -0.2) is 36.5 Å². The second kappa shape index (κ2) is 4.97. The summed E-state index contributed by atoms with van der Waals surface area (Å²) >= 11 is 0. The number of nitrogens with one attached hydrogen (secondary N) is 1. The van der Waals surface area contributed by atoms with E-state index in [1.54, 1.807) is 6.92 Å². The zero-order valence-electron chi connectivity index (χ0n) is 9.67. The Morgan fingerprint density at radius 2 is 2.13 bits per heavy atom. The highest BCUT2D eigenvalue weighted by Gasteiger charge is 2.23. The predicted molar refractivity (Wildman–Crippen MR) is 60.6 cm³/mol. The maximum Gasteiger partial charge on any atom is 0.219 e. The second-order valence-corrected chi connectivity index (χ2v) is 5.01. The monoisotopic (exact) mass is 210 g/mol. The van der Waals surface area contributed by atoms with Gasteiger partial charge in [0.25, 0.3) is 0 Å². The molecule has 86 valence electrons. The van der Waals surface area contributed by atoms with E-state index >= 15 is 0 Å². The van der Waals surface area contributed by atoms with Crippen molar-refractivity contribution in [2.75, 3.05) is 19.6 Å². The number of piperidine rings is 1. The third kappa shape index (κ3) is 2.94. The highest BCUT2D eigenvalue weighted by Crippen LogP contribution is 2.25. The zero-order chi connectivity index (χ0) is 10.7. The Labute approximate surface area is 92.2 Å². The molecule has 1 N–H and O–H groups in total. The molecule has 0 aromatic rings. The smallest absolute Gasteiger partial charge is 0.219 e. The quantitative estimate of drug-likeness (QED) is 0.763. The van der Waals surface area contributed by atoms with Gasteiger partial charge in [-0.15, -0.1) is 0 Å². The number of likely N-dealkylation sites (tertiary alicyclic amines) is 1. The number of hydrogen-bond donors (Lipinski definition) is 1. The summed E-state index contributed by atoms with van der Waals surface area (Å²) in [7, 11) is 0. The van der Waals surface area contributed by atoms with Crippen LogP contribution in [-0.2, 0) is 4.79 Å². The van der Waals surface area contributed by atoms with Crippen LogP contribution in [0, 0.1) is 5.92 Å². The van der Waals surface area contributed by atoms with Gasteiger partial charge in [0.15, 0.2) is 0 Å². The van der Waals surface area contributed by atoms with E-state index < -0.39 is 0 Å².